The van der Waals surface area contributed by atoms with E-state index in [4.69, 9.17) is 0 Å². The molecule has 8 heteroatoms. The molecule has 2 aliphatic heterocycles. The van der Waals surface area contributed by atoms with Crippen molar-refractivity contribution in [1.29, 1.82) is 0 Å². The van der Waals surface area contributed by atoms with E-state index in [9.17, 15) is 14.4 Å². The summed E-state index contributed by atoms with van der Waals surface area (Å²) in [6.07, 6.45) is 1.01. The molecule has 2 fully saturated rings. The van der Waals surface area contributed by atoms with Crippen molar-refractivity contribution >= 4 is 29.1 Å². The average molecular weight is 322 g/mol. The fourth-order valence-corrected chi connectivity index (χ4v) is 3.66. The van der Waals surface area contributed by atoms with Crippen LogP contribution in [-0.2, 0) is 9.59 Å². The van der Waals surface area contributed by atoms with Crippen molar-refractivity contribution in [2.45, 2.75) is 24.9 Å². The van der Waals surface area contributed by atoms with Gasteiger partial charge in [0.05, 0.1) is 17.6 Å². The van der Waals surface area contributed by atoms with E-state index < -0.39 is 0 Å². The highest BCUT2D eigenvalue weighted by Crippen LogP contribution is 2.33. The minimum absolute atomic E-state index is 0.0547. The largest absolute Gasteiger partial charge is 0.347 e. The molecule has 3 amide bonds. The maximum atomic E-state index is 12.5. The Labute approximate surface area is 132 Å². The zero-order valence-corrected chi connectivity index (χ0v) is 13.4. The van der Waals surface area contributed by atoms with Gasteiger partial charge in [-0.15, -0.1) is 11.3 Å². The van der Waals surface area contributed by atoms with Crippen LogP contribution in [-0.4, -0.2) is 76.7 Å². The molecule has 1 aromatic heterocycles. The van der Waals surface area contributed by atoms with Gasteiger partial charge in [0.1, 0.15) is 12.2 Å². The normalized spacial score (nSPS) is 23.8. The number of hydrogen-bond donors (Lipinski definition) is 0. The van der Waals surface area contributed by atoms with Crippen LogP contribution in [0.15, 0.2) is 10.9 Å². The van der Waals surface area contributed by atoms with E-state index in [1.807, 2.05) is 0 Å². The Morgan fingerprint density at radius 3 is 2.82 bits per heavy atom. The third kappa shape index (κ3) is 2.47. The minimum atomic E-state index is -0.142. The second kappa shape index (κ2) is 5.68. The maximum absolute atomic E-state index is 12.5. The lowest BCUT2D eigenvalue weighted by atomic mass is 10.1. The highest BCUT2D eigenvalue weighted by molar-refractivity contribution is 7.07. The lowest BCUT2D eigenvalue weighted by Crippen LogP contribution is -2.43. The Balaban J connectivity index is 1.73. The fraction of sp³-hybridized carbons (Fsp3) is 0.571. The predicted molar refractivity (Wildman–Crippen MR) is 80.4 cm³/mol. The van der Waals surface area contributed by atoms with Crippen LogP contribution in [0.4, 0.5) is 0 Å². The van der Waals surface area contributed by atoms with Crippen molar-refractivity contribution in [1.82, 2.24) is 19.7 Å². The Kier molecular flexibility index (Phi) is 3.86. The number of amides is 3. The van der Waals surface area contributed by atoms with Crippen LogP contribution in [0, 0.1) is 0 Å². The molecular weight excluding hydrogens is 304 g/mol. The molecular formula is C14H18N4O3S. The van der Waals surface area contributed by atoms with E-state index >= 15 is 0 Å². The minimum Gasteiger partial charge on any atom is -0.347 e. The standard InChI is InChI=1S/C14H18N4O3S/c1-16(2)13(20)6-18-10-3-4-17(11(10)5-12(18)19)14(21)9-7-22-8-15-9/h7-8,10-11H,3-6H2,1-2H3/t10-,11+/m0/s1. The monoisotopic (exact) mass is 322 g/mol. The van der Waals surface area contributed by atoms with Crippen molar-refractivity contribution in [2.24, 2.45) is 0 Å². The number of likely N-dealkylation sites (tertiary alicyclic amines) is 2. The van der Waals surface area contributed by atoms with E-state index in [0.29, 0.717) is 25.1 Å². The zero-order chi connectivity index (χ0) is 15.9. The molecule has 2 saturated heterocycles. The van der Waals surface area contributed by atoms with Crippen LogP contribution < -0.4 is 0 Å². The van der Waals surface area contributed by atoms with Gasteiger partial charge in [-0.3, -0.25) is 14.4 Å². The second-order valence-electron chi connectivity index (χ2n) is 5.81. The lowest BCUT2D eigenvalue weighted by molar-refractivity contribution is -0.138. The van der Waals surface area contributed by atoms with E-state index in [2.05, 4.69) is 4.98 Å². The summed E-state index contributed by atoms with van der Waals surface area (Å²) in [7, 11) is 3.35. The van der Waals surface area contributed by atoms with Crippen LogP contribution >= 0.6 is 11.3 Å². The smallest absolute Gasteiger partial charge is 0.273 e. The van der Waals surface area contributed by atoms with Crippen molar-refractivity contribution in [2.75, 3.05) is 27.2 Å². The van der Waals surface area contributed by atoms with Gasteiger partial charge in [-0.2, -0.15) is 0 Å². The third-order valence-electron chi connectivity index (χ3n) is 4.33. The first-order chi connectivity index (χ1) is 10.5. The lowest BCUT2D eigenvalue weighted by Gasteiger charge is -2.25. The maximum Gasteiger partial charge on any atom is 0.273 e. The van der Waals surface area contributed by atoms with Crippen LogP contribution in [0.25, 0.3) is 0 Å². The molecule has 2 atom stereocenters. The Hall–Kier alpha value is -1.96. The Morgan fingerprint density at radius 1 is 1.41 bits per heavy atom. The molecule has 118 valence electrons. The van der Waals surface area contributed by atoms with Crippen LogP contribution in [0.1, 0.15) is 23.3 Å². The Morgan fingerprint density at radius 2 is 2.18 bits per heavy atom. The van der Waals surface area contributed by atoms with Gasteiger partial charge < -0.3 is 14.7 Å². The van der Waals surface area contributed by atoms with Crippen LogP contribution in [0.3, 0.4) is 0 Å². The molecule has 0 aliphatic carbocycles. The summed E-state index contributed by atoms with van der Waals surface area (Å²) in [6, 6.07) is -0.198. The number of likely N-dealkylation sites (N-methyl/N-ethyl adjacent to an activating group) is 1. The van der Waals surface area contributed by atoms with Crippen molar-refractivity contribution in [3.63, 3.8) is 0 Å². The topological polar surface area (TPSA) is 73.8 Å². The summed E-state index contributed by atoms with van der Waals surface area (Å²) in [5, 5.41) is 1.72. The van der Waals surface area contributed by atoms with Gasteiger partial charge >= 0.3 is 0 Å². The molecule has 0 N–H and O–H groups in total. The van der Waals surface area contributed by atoms with Gasteiger partial charge in [-0.1, -0.05) is 0 Å². The number of fused-ring (bicyclic) bond motifs is 1. The molecule has 0 spiro atoms. The molecule has 3 heterocycles. The molecule has 3 rings (SSSR count). The van der Waals surface area contributed by atoms with Crippen molar-refractivity contribution in [3.8, 4) is 0 Å². The molecule has 0 bridgehead atoms. The van der Waals surface area contributed by atoms with E-state index in [0.717, 1.165) is 0 Å². The first-order valence-electron chi connectivity index (χ1n) is 7.18. The molecule has 0 saturated carbocycles. The highest BCUT2D eigenvalue weighted by Gasteiger charge is 2.49. The summed E-state index contributed by atoms with van der Waals surface area (Å²) < 4.78 is 0. The van der Waals surface area contributed by atoms with E-state index in [1.165, 1.54) is 16.2 Å². The third-order valence-corrected chi connectivity index (χ3v) is 4.92. The zero-order valence-electron chi connectivity index (χ0n) is 12.6. The summed E-state index contributed by atoms with van der Waals surface area (Å²) in [5.74, 6) is -0.276. The van der Waals surface area contributed by atoms with Gasteiger partial charge in [-0.05, 0) is 6.42 Å². The number of aromatic nitrogens is 1. The van der Waals surface area contributed by atoms with Gasteiger partial charge in [0.25, 0.3) is 5.91 Å². The molecule has 0 unspecified atom stereocenters. The van der Waals surface area contributed by atoms with Gasteiger partial charge in [0.2, 0.25) is 11.8 Å². The predicted octanol–water partition coefficient (Wildman–Crippen LogP) is 0.0467. The van der Waals surface area contributed by atoms with E-state index in [-0.39, 0.29) is 36.3 Å². The summed E-state index contributed by atoms with van der Waals surface area (Å²) in [4.78, 5) is 45.4. The van der Waals surface area contributed by atoms with E-state index in [1.54, 1.807) is 34.8 Å². The van der Waals surface area contributed by atoms with Crippen LogP contribution in [0.2, 0.25) is 0 Å². The van der Waals surface area contributed by atoms with Gasteiger partial charge in [0.15, 0.2) is 0 Å². The van der Waals surface area contributed by atoms with Crippen molar-refractivity contribution in [3.05, 3.63) is 16.6 Å². The first kappa shape index (κ1) is 15.0. The van der Waals surface area contributed by atoms with Crippen molar-refractivity contribution < 1.29 is 14.4 Å². The number of carbonyl (C=O) groups excluding carboxylic acids is 3. The summed E-state index contributed by atoms with van der Waals surface area (Å²) >= 11 is 1.38. The number of nitrogens with zero attached hydrogens (tertiary/aromatic N) is 4. The molecule has 1 aromatic rings. The summed E-state index contributed by atoms with van der Waals surface area (Å²) in [6.45, 7) is 0.692. The second-order valence-corrected chi connectivity index (χ2v) is 6.53. The Bertz CT molecular complexity index is 601. The average Bonchev–Trinajstić information content (AvgIpc) is 3.17. The molecule has 0 aromatic carbocycles. The molecule has 0 radical (unpaired) electrons. The fourth-order valence-electron chi connectivity index (χ4n) is 3.14. The number of rotatable bonds is 3. The number of thiazole rings is 1. The number of carbonyl (C=O) groups is 3. The SMILES string of the molecule is CN(C)C(=O)CN1C(=O)C[C@@H]2[C@@H]1CCN2C(=O)c1cscn1. The van der Waals surface area contributed by atoms with Gasteiger partial charge in [0, 0.05) is 32.4 Å². The summed E-state index contributed by atoms with van der Waals surface area (Å²) in [5.41, 5.74) is 2.06. The number of hydrogen-bond acceptors (Lipinski definition) is 5. The van der Waals surface area contributed by atoms with Crippen LogP contribution in [0.5, 0.6) is 0 Å². The quantitative estimate of drug-likeness (QED) is 0.788. The molecule has 22 heavy (non-hydrogen) atoms. The van der Waals surface area contributed by atoms with Gasteiger partial charge in [-0.25, -0.2) is 4.98 Å². The highest BCUT2D eigenvalue weighted by atomic mass is 32.1. The molecule has 2 aliphatic rings. The first-order valence-corrected chi connectivity index (χ1v) is 8.12. The molecule has 7 nitrogen and oxygen atoms in total.